The Balaban J connectivity index is 2.36. The fourth-order valence-electron chi connectivity index (χ4n) is 2.80. The monoisotopic (exact) mass is 393 g/mol. The number of rotatable bonds is 8. The van der Waals surface area contributed by atoms with Gasteiger partial charge < -0.3 is 14.6 Å². The zero-order valence-corrected chi connectivity index (χ0v) is 17.2. The highest BCUT2D eigenvalue weighted by molar-refractivity contribution is 7.88. The third-order valence-electron chi connectivity index (χ3n) is 4.40. The van der Waals surface area contributed by atoms with Gasteiger partial charge in [0.05, 0.1) is 12.5 Å². The van der Waals surface area contributed by atoms with Crippen LogP contribution in [0.3, 0.4) is 0 Å². The molecule has 8 heteroatoms. The summed E-state index contributed by atoms with van der Waals surface area (Å²) in [6.45, 7) is 4.07. The summed E-state index contributed by atoms with van der Waals surface area (Å²) in [6, 6.07) is 8.55. The highest BCUT2D eigenvalue weighted by Gasteiger charge is 2.24. The number of benzene rings is 1. The van der Waals surface area contributed by atoms with Gasteiger partial charge in [-0.2, -0.15) is 4.31 Å². The van der Waals surface area contributed by atoms with Gasteiger partial charge in [0.1, 0.15) is 0 Å². The van der Waals surface area contributed by atoms with Gasteiger partial charge in [-0.15, -0.1) is 0 Å². The summed E-state index contributed by atoms with van der Waals surface area (Å²) in [4.78, 5) is 14.1. The predicted molar refractivity (Wildman–Crippen MR) is 108 cm³/mol. The number of hydrogen-bond acceptors (Lipinski definition) is 5. The highest BCUT2D eigenvalue weighted by atomic mass is 32.2. The minimum atomic E-state index is -3.38. The average molecular weight is 394 g/mol. The van der Waals surface area contributed by atoms with Gasteiger partial charge in [-0.1, -0.05) is 6.92 Å². The molecule has 0 unspecified atom stereocenters. The van der Waals surface area contributed by atoms with Crippen LogP contribution in [0.15, 0.2) is 41.0 Å². The number of hydrogen-bond donors (Lipinski definition) is 1. The number of nitrogens with one attached hydrogen (secondary N) is 1. The standard InChI is InChI=1S/C19H27N3O4S/c1-6-14(2)22(27(5,24)25)13-15-12-16(9-10-17(15)21(3)4)20-19(23)18-8-7-11-26-18/h7-12,14H,6,13H2,1-5H3,(H,20,23)/t14-/m0/s1. The van der Waals surface area contributed by atoms with Crippen LogP contribution in [0.1, 0.15) is 36.4 Å². The molecule has 0 aliphatic heterocycles. The summed E-state index contributed by atoms with van der Waals surface area (Å²) in [7, 11) is 0.418. The normalized spacial score (nSPS) is 12.8. The SMILES string of the molecule is CC[C@H](C)N(Cc1cc(NC(=O)c2ccco2)ccc1N(C)C)S(C)(=O)=O. The van der Waals surface area contributed by atoms with Crippen LogP contribution in [0.4, 0.5) is 11.4 Å². The second-order valence-corrected chi connectivity index (χ2v) is 8.67. The quantitative estimate of drug-likeness (QED) is 0.745. The first kappa shape index (κ1) is 21.0. The molecule has 148 valence electrons. The summed E-state index contributed by atoms with van der Waals surface area (Å²) in [5.41, 5.74) is 2.28. The maximum Gasteiger partial charge on any atom is 0.291 e. The summed E-state index contributed by atoms with van der Waals surface area (Å²) in [5, 5.41) is 2.79. The third kappa shape index (κ3) is 5.33. The van der Waals surface area contributed by atoms with Crippen LogP contribution in [0, 0.1) is 0 Å². The van der Waals surface area contributed by atoms with Gasteiger partial charge in [0, 0.05) is 38.1 Å². The molecule has 1 N–H and O–H groups in total. The van der Waals surface area contributed by atoms with E-state index in [1.54, 1.807) is 24.3 Å². The second kappa shape index (κ2) is 8.58. The summed E-state index contributed by atoms with van der Waals surface area (Å²) in [5.74, 6) is -0.143. The smallest absolute Gasteiger partial charge is 0.291 e. The van der Waals surface area contributed by atoms with Crippen molar-refractivity contribution in [3.63, 3.8) is 0 Å². The van der Waals surface area contributed by atoms with E-state index >= 15 is 0 Å². The molecule has 2 aromatic rings. The molecule has 0 aliphatic rings. The van der Waals surface area contributed by atoms with Crippen molar-refractivity contribution in [3.8, 4) is 0 Å². The average Bonchev–Trinajstić information content (AvgIpc) is 3.12. The lowest BCUT2D eigenvalue weighted by atomic mass is 10.1. The number of anilines is 2. The molecule has 7 nitrogen and oxygen atoms in total. The van der Waals surface area contributed by atoms with Gasteiger partial charge >= 0.3 is 0 Å². The summed E-state index contributed by atoms with van der Waals surface area (Å²) < 4.78 is 31.1. The number of nitrogens with zero attached hydrogens (tertiary/aromatic N) is 2. The highest BCUT2D eigenvalue weighted by Crippen LogP contribution is 2.27. The zero-order chi connectivity index (χ0) is 20.2. The molecule has 1 amide bonds. The van der Waals surface area contributed by atoms with E-state index in [1.807, 2.05) is 38.9 Å². The van der Waals surface area contributed by atoms with Crippen molar-refractivity contribution in [1.29, 1.82) is 0 Å². The first-order valence-corrected chi connectivity index (χ1v) is 10.6. The lowest BCUT2D eigenvalue weighted by Gasteiger charge is -2.28. The van der Waals surface area contributed by atoms with Crippen molar-refractivity contribution in [2.75, 3.05) is 30.6 Å². The van der Waals surface area contributed by atoms with Crippen LogP contribution in [0.2, 0.25) is 0 Å². The Morgan fingerprint density at radius 2 is 1.96 bits per heavy atom. The second-order valence-electron chi connectivity index (χ2n) is 6.73. The number of furan rings is 1. The maximum absolute atomic E-state index is 12.3. The Morgan fingerprint density at radius 3 is 2.48 bits per heavy atom. The van der Waals surface area contributed by atoms with Crippen LogP contribution >= 0.6 is 0 Å². The van der Waals surface area contributed by atoms with E-state index in [9.17, 15) is 13.2 Å². The van der Waals surface area contributed by atoms with Crippen molar-refractivity contribution in [2.24, 2.45) is 0 Å². The van der Waals surface area contributed by atoms with E-state index in [-0.39, 0.29) is 24.3 Å². The minimum absolute atomic E-state index is 0.128. The van der Waals surface area contributed by atoms with E-state index in [4.69, 9.17) is 4.42 Å². The van der Waals surface area contributed by atoms with Gasteiger partial charge in [0.2, 0.25) is 10.0 Å². The molecule has 0 saturated heterocycles. The van der Waals surface area contributed by atoms with Crippen molar-refractivity contribution in [1.82, 2.24) is 4.31 Å². The maximum atomic E-state index is 12.3. The van der Waals surface area contributed by atoms with Gasteiger partial charge in [-0.3, -0.25) is 4.79 Å². The van der Waals surface area contributed by atoms with Gasteiger partial charge in [0.25, 0.3) is 5.91 Å². The molecule has 1 heterocycles. The third-order valence-corrected chi connectivity index (χ3v) is 5.74. The van der Waals surface area contributed by atoms with Crippen molar-refractivity contribution in [2.45, 2.75) is 32.9 Å². The number of amides is 1. The summed E-state index contributed by atoms with van der Waals surface area (Å²) >= 11 is 0. The Morgan fingerprint density at radius 1 is 1.26 bits per heavy atom. The first-order chi connectivity index (χ1) is 12.6. The molecule has 0 saturated carbocycles. The molecule has 0 spiro atoms. The molecule has 2 rings (SSSR count). The number of carbonyl (C=O) groups is 1. The molecule has 0 fully saturated rings. The topological polar surface area (TPSA) is 82.9 Å². The van der Waals surface area contributed by atoms with E-state index < -0.39 is 10.0 Å². The molecule has 1 aromatic heterocycles. The van der Waals surface area contributed by atoms with Crippen molar-refractivity contribution < 1.29 is 17.6 Å². The largest absolute Gasteiger partial charge is 0.459 e. The van der Waals surface area contributed by atoms with Gasteiger partial charge in [0.15, 0.2) is 5.76 Å². The zero-order valence-electron chi connectivity index (χ0n) is 16.4. The van der Waals surface area contributed by atoms with E-state index in [0.29, 0.717) is 12.1 Å². The summed E-state index contributed by atoms with van der Waals surface area (Å²) in [6.07, 6.45) is 3.36. The molecule has 1 aromatic carbocycles. The Kier molecular flexibility index (Phi) is 6.67. The first-order valence-electron chi connectivity index (χ1n) is 8.75. The Labute approximate surface area is 161 Å². The van der Waals surface area contributed by atoms with E-state index in [0.717, 1.165) is 11.3 Å². The molecular weight excluding hydrogens is 366 g/mol. The number of sulfonamides is 1. The van der Waals surface area contributed by atoms with Crippen molar-refractivity contribution in [3.05, 3.63) is 47.9 Å². The van der Waals surface area contributed by atoms with Crippen LogP contribution in [0.25, 0.3) is 0 Å². The molecule has 0 aliphatic carbocycles. The predicted octanol–water partition coefficient (Wildman–Crippen LogP) is 3.16. The van der Waals surface area contributed by atoms with Crippen LogP contribution in [0.5, 0.6) is 0 Å². The van der Waals surface area contributed by atoms with Crippen LogP contribution in [-0.2, 0) is 16.6 Å². The molecule has 0 bridgehead atoms. The lowest BCUT2D eigenvalue weighted by Crippen LogP contribution is -2.37. The van der Waals surface area contributed by atoms with Gasteiger partial charge in [-0.05, 0) is 49.2 Å². The number of carbonyl (C=O) groups excluding carboxylic acids is 1. The fourth-order valence-corrected chi connectivity index (χ4v) is 3.97. The fraction of sp³-hybridized carbons (Fsp3) is 0.421. The van der Waals surface area contributed by atoms with Gasteiger partial charge in [-0.25, -0.2) is 8.42 Å². The molecule has 27 heavy (non-hydrogen) atoms. The molecular formula is C19H27N3O4S. The molecule has 0 radical (unpaired) electrons. The van der Waals surface area contributed by atoms with E-state index in [2.05, 4.69) is 5.32 Å². The lowest BCUT2D eigenvalue weighted by molar-refractivity contribution is 0.0996. The van der Waals surface area contributed by atoms with E-state index in [1.165, 1.54) is 16.8 Å². The van der Waals surface area contributed by atoms with Crippen LogP contribution in [-0.4, -0.2) is 45.0 Å². The van der Waals surface area contributed by atoms with Crippen LogP contribution < -0.4 is 10.2 Å². The van der Waals surface area contributed by atoms with Crippen molar-refractivity contribution >= 4 is 27.3 Å². The Bertz CT molecular complexity index is 876. The minimum Gasteiger partial charge on any atom is -0.459 e. The molecule has 1 atom stereocenters. The Hall–Kier alpha value is -2.32.